The minimum absolute atomic E-state index is 0.0164. The lowest BCUT2D eigenvalue weighted by Crippen LogP contribution is -2.43. The van der Waals surface area contributed by atoms with Gasteiger partial charge >= 0.3 is 0 Å². The number of hydrogen-bond acceptors (Lipinski definition) is 7. The van der Waals surface area contributed by atoms with Gasteiger partial charge in [-0.3, -0.25) is 4.79 Å². The molecule has 1 aliphatic heterocycles. The van der Waals surface area contributed by atoms with Gasteiger partial charge in [-0.2, -0.15) is 4.98 Å². The standard InChI is InChI=1S/C18H26N4O4/c1-12(2)9-17-19-16(21-26-17)6-8-24-14-5-4-7-22(11-14)18(23)15-10-13(3)25-20-15/h10,12,14H,4-9,11H2,1-3H3. The lowest BCUT2D eigenvalue weighted by Gasteiger charge is -2.32. The van der Waals surface area contributed by atoms with E-state index in [0.717, 1.165) is 19.3 Å². The van der Waals surface area contributed by atoms with E-state index in [1.165, 1.54) is 0 Å². The predicted molar refractivity (Wildman–Crippen MR) is 92.7 cm³/mol. The van der Waals surface area contributed by atoms with Gasteiger partial charge in [-0.15, -0.1) is 0 Å². The van der Waals surface area contributed by atoms with Crippen LogP contribution in [0.2, 0.25) is 0 Å². The van der Waals surface area contributed by atoms with Gasteiger partial charge in [-0.05, 0) is 25.7 Å². The first kappa shape index (κ1) is 18.6. The van der Waals surface area contributed by atoms with Crippen LogP contribution in [0.5, 0.6) is 0 Å². The van der Waals surface area contributed by atoms with E-state index in [2.05, 4.69) is 29.1 Å². The zero-order valence-electron chi connectivity index (χ0n) is 15.6. The van der Waals surface area contributed by atoms with Gasteiger partial charge in [-0.1, -0.05) is 24.2 Å². The molecule has 2 aromatic rings. The van der Waals surface area contributed by atoms with Gasteiger partial charge in [0.25, 0.3) is 5.91 Å². The topological polar surface area (TPSA) is 94.5 Å². The van der Waals surface area contributed by atoms with Crippen molar-refractivity contribution in [1.29, 1.82) is 0 Å². The lowest BCUT2D eigenvalue weighted by molar-refractivity contribution is 0.00220. The average molecular weight is 362 g/mol. The van der Waals surface area contributed by atoms with Crippen molar-refractivity contribution >= 4 is 5.91 Å². The lowest BCUT2D eigenvalue weighted by atomic mass is 10.1. The number of nitrogens with zero attached hydrogens (tertiary/aromatic N) is 4. The number of piperidine rings is 1. The molecule has 3 rings (SSSR count). The maximum absolute atomic E-state index is 12.5. The summed E-state index contributed by atoms with van der Waals surface area (Å²) in [6.45, 7) is 7.80. The van der Waals surface area contributed by atoms with E-state index < -0.39 is 0 Å². The number of aromatic nitrogens is 3. The van der Waals surface area contributed by atoms with Gasteiger partial charge in [0, 0.05) is 32.0 Å². The molecule has 2 aromatic heterocycles. The van der Waals surface area contributed by atoms with Crippen LogP contribution >= 0.6 is 0 Å². The molecule has 8 nitrogen and oxygen atoms in total. The summed E-state index contributed by atoms with van der Waals surface area (Å²) in [5, 5.41) is 7.79. The summed E-state index contributed by atoms with van der Waals surface area (Å²) < 4.78 is 16.2. The third kappa shape index (κ3) is 4.91. The zero-order valence-corrected chi connectivity index (χ0v) is 15.6. The van der Waals surface area contributed by atoms with Crippen molar-refractivity contribution in [3.8, 4) is 0 Å². The van der Waals surface area contributed by atoms with Gasteiger partial charge in [0.05, 0.1) is 12.7 Å². The minimum Gasteiger partial charge on any atom is -0.376 e. The molecule has 3 heterocycles. The molecule has 1 saturated heterocycles. The number of carbonyl (C=O) groups excluding carboxylic acids is 1. The molecular formula is C18H26N4O4. The molecule has 0 aliphatic carbocycles. The third-order valence-electron chi connectivity index (χ3n) is 4.28. The van der Waals surface area contributed by atoms with Crippen LogP contribution in [0.3, 0.4) is 0 Å². The van der Waals surface area contributed by atoms with E-state index in [1.807, 2.05) is 0 Å². The van der Waals surface area contributed by atoms with Gasteiger partial charge in [0.2, 0.25) is 5.89 Å². The first-order valence-corrected chi connectivity index (χ1v) is 9.17. The molecule has 1 unspecified atom stereocenters. The fourth-order valence-corrected chi connectivity index (χ4v) is 3.03. The molecule has 0 aromatic carbocycles. The summed E-state index contributed by atoms with van der Waals surface area (Å²) in [7, 11) is 0. The van der Waals surface area contributed by atoms with Crippen LogP contribution in [0, 0.1) is 12.8 Å². The number of aryl methyl sites for hydroxylation is 1. The number of likely N-dealkylation sites (tertiary alicyclic amines) is 1. The van der Waals surface area contributed by atoms with Crippen LogP contribution in [0.25, 0.3) is 0 Å². The highest BCUT2D eigenvalue weighted by atomic mass is 16.5. The Morgan fingerprint density at radius 3 is 2.96 bits per heavy atom. The third-order valence-corrected chi connectivity index (χ3v) is 4.28. The molecule has 0 spiro atoms. The van der Waals surface area contributed by atoms with E-state index in [-0.39, 0.29) is 12.0 Å². The van der Waals surface area contributed by atoms with Gasteiger partial charge in [0.15, 0.2) is 11.5 Å². The van der Waals surface area contributed by atoms with E-state index in [1.54, 1.807) is 17.9 Å². The molecule has 1 aliphatic rings. The Balaban J connectivity index is 1.45. The molecule has 142 valence electrons. The second-order valence-corrected chi connectivity index (χ2v) is 7.16. The van der Waals surface area contributed by atoms with Crippen LogP contribution in [-0.4, -0.2) is 51.9 Å². The predicted octanol–water partition coefficient (Wildman–Crippen LogP) is 2.43. The van der Waals surface area contributed by atoms with Gasteiger partial charge in [-0.25, -0.2) is 0 Å². The van der Waals surface area contributed by atoms with Gasteiger partial charge < -0.3 is 18.7 Å². The number of carbonyl (C=O) groups is 1. The Bertz CT molecular complexity index is 724. The molecule has 8 heteroatoms. The Kier molecular flexibility index (Phi) is 6.03. The van der Waals surface area contributed by atoms with E-state index >= 15 is 0 Å². The van der Waals surface area contributed by atoms with Crippen LogP contribution in [0.1, 0.15) is 54.7 Å². The SMILES string of the molecule is Cc1cc(C(=O)N2CCCC(OCCc3noc(CC(C)C)n3)C2)no1. The molecule has 1 atom stereocenters. The monoisotopic (exact) mass is 362 g/mol. The summed E-state index contributed by atoms with van der Waals surface area (Å²) >= 11 is 0. The molecule has 0 bridgehead atoms. The van der Waals surface area contributed by atoms with Crippen molar-refractivity contribution in [3.63, 3.8) is 0 Å². The number of amides is 1. The molecule has 0 saturated carbocycles. The Hall–Kier alpha value is -2.22. The van der Waals surface area contributed by atoms with Crippen molar-refractivity contribution in [2.45, 2.75) is 52.6 Å². The highest BCUT2D eigenvalue weighted by molar-refractivity contribution is 5.92. The van der Waals surface area contributed by atoms with Crippen LogP contribution in [0.4, 0.5) is 0 Å². The molecule has 26 heavy (non-hydrogen) atoms. The summed E-state index contributed by atoms with van der Waals surface area (Å²) in [4.78, 5) is 18.6. The van der Waals surface area contributed by atoms with Crippen molar-refractivity contribution in [3.05, 3.63) is 29.2 Å². The number of ether oxygens (including phenoxy) is 1. The highest BCUT2D eigenvalue weighted by Gasteiger charge is 2.26. The number of hydrogen-bond donors (Lipinski definition) is 0. The van der Waals surface area contributed by atoms with Crippen LogP contribution in [-0.2, 0) is 17.6 Å². The molecule has 0 N–H and O–H groups in total. The van der Waals surface area contributed by atoms with E-state index in [0.29, 0.717) is 55.2 Å². The summed E-state index contributed by atoms with van der Waals surface area (Å²) in [6, 6.07) is 1.66. The molecule has 1 fully saturated rings. The largest absolute Gasteiger partial charge is 0.376 e. The second kappa shape index (κ2) is 8.44. The van der Waals surface area contributed by atoms with Crippen molar-refractivity contribution < 1.29 is 18.6 Å². The molecule has 0 radical (unpaired) electrons. The maximum Gasteiger partial charge on any atom is 0.276 e. The smallest absolute Gasteiger partial charge is 0.276 e. The minimum atomic E-state index is -0.105. The fraction of sp³-hybridized carbons (Fsp3) is 0.667. The first-order chi connectivity index (χ1) is 12.5. The van der Waals surface area contributed by atoms with Crippen molar-refractivity contribution in [2.24, 2.45) is 5.92 Å². The van der Waals surface area contributed by atoms with Crippen LogP contribution in [0.15, 0.2) is 15.1 Å². The maximum atomic E-state index is 12.5. The fourth-order valence-electron chi connectivity index (χ4n) is 3.03. The Morgan fingerprint density at radius 2 is 2.23 bits per heavy atom. The van der Waals surface area contributed by atoms with E-state index in [9.17, 15) is 4.79 Å². The summed E-state index contributed by atoms with van der Waals surface area (Å²) in [5.41, 5.74) is 0.354. The summed E-state index contributed by atoms with van der Waals surface area (Å²) in [5.74, 6) is 2.36. The normalized spacial score (nSPS) is 17.8. The second-order valence-electron chi connectivity index (χ2n) is 7.16. The first-order valence-electron chi connectivity index (χ1n) is 9.17. The number of rotatable bonds is 7. The Morgan fingerprint density at radius 1 is 1.38 bits per heavy atom. The van der Waals surface area contributed by atoms with Crippen LogP contribution < -0.4 is 0 Å². The molecular weight excluding hydrogens is 336 g/mol. The van der Waals surface area contributed by atoms with Gasteiger partial charge in [0.1, 0.15) is 5.76 Å². The molecule has 1 amide bonds. The summed E-state index contributed by atoms with van der Waals surface area (Å²) in [6.07, 6.45) is 3.26. The van der Waals surface area contributed by atoms with Crippen molar-refractivity contribution in [1.82, 2.24) is 20.2 Å². The highest BCUT2D eigenvalue weighted by Crippen LogP contribution is 2.16. The zero-order chi connectivity index (χ0) is 18.5. The quantitative estimate of drug-likeness (QED) is 0.746. The van der Waals surface area contributed by atoms with E-state index in [4.69, 9.17) is 13.8 Å². The Labute approximate surface area is 152 Å². The average Bonchev–Trinajstić information content (AvgIpc) is 3.23. The van der Waals surface area contributed by atoms with Crippen molar-refractivity contribution in [2.75, 3.05) is 19.7 Å².